The zero-order valence-electron chi connectivity index (χ0n) is 10.8. The Kier molecular flexibility index (Phi) is 3.65. The van der Waals surface area contributed by atoms with Crippen LogP contribution in [0, 0.1) is 5.41 Å². The van der Waals surface area contributed by atoms with Crippen LogP contribution in [0.25, 0.3) is 0 Å². The van der Waals surface area contributed by atoms with E-state index in [0.717, 1.165) is 17.5 Å². The van der Waals surface area contributed by atoms with Crippen LogP contribution in [0.15, 0.2) is 24.3 Å². The van der Waals surface area contributed by atoms with Crippen molar-refractivity contribution in [3.05, 3.63) is 29.8 Å². The zero-order chi connectivity index (χ0) is 12.4. The Labute approximate surface area is 118 Å². The maximum absolute atomic E-state index is 6.12. The fourth-order valence-corrected chi connectivity index (χ4v) is 4.33. The molecule has 1 fully saturated rings. The Bertz CT molecular complexity index is 384. The second-order valence-electron chi connectivity index (χ2n) is 5.95. The lowest BCUT2D eigenvalue weighted by molar-refractivity contribution is 0.116. The molecule has 2 aliphatic rings. The largest absolute Gasteiger partial charge is 0.490 e. The standard InChI is InChI=1S/C16H21BrO/c17-12-16(8-4-1-5-9-16)11-14-10-13-6-2-3-7-15(13)18-14/h2-3,6-7,14H,1,4-5,8-12H2. The first-order valence-electron chi connectivity index (χ1n) is 7.12. The Morgan fingerprint density at radius 3 is 2.67 bits per heavy atom. The van der Waals surface area contributed by atoms with Gasteiger partial charge in [0.2, 0.25) is 0 Å². The molecule has 0 amide bonds. The molecule has 98 valence electrons. The van der Waals surface area contributed by atoms with E-state index in [-0.39, 0.29) is 0 Å². The van der Waals surface area contributed by atoms with Crippen LogP contribution in [0.1, 0.15) is 44.1 Å². The number of hydrogen-bond acceptors (Lipinski definition) is 1. The number of alkyl halides is 1. The van der Waals surface area contributed by atoms with Gasteiger partial charge in [0.1, 0.15) is 11.9 Å². The number of para-hydroxylation sites is 1. The highest BCUT2D eigenvalue weighted by Crippen LogP contribution is 2.44. The van der Waals surface area contributed by atoms with Gasteiger partial charge in [0.25, 0.3) is 0 Å². The topological polar surface area (TPSA) is 9.23 Å². The van der Waals surface area contributed by atoms with Gasteiger partial charge in [0, 0.05) is 11.8 Å². The van der Waals surface area contributed by atoms with Crippen molar-refractivity contribution in [1.82, 2.24) is 0 Å². The van der Waals surface area contributed by atoms with Crippen LogP contribution >= 0.6 is 15.9 Å². The summed E-state index contributed by atoms with van der Waals surface area (Å²) < 4.78 is 6.12. The van der Waals surface area contributed by atoms with Gasteiger partial charge in [-0.2, -0.15) is 0 Å². The summed E-state index contributed by atoms with van der Waals surface area (Å²) in [5.74, 6) is 1.11. The molecule has 0 saturated heterocycles. The molecule has 2 heteroatoms. The van der Waals surface area contributed by atoms with Gasteiger partial charge in [-0.1, -0.05) is 53.4 Å². The summed E-state index contributed by atoms with van der Waals surface area (Å²) in [5.41, 5.74) is 1.88. The smallest absolute Gasteiger partial charge is 0.123 e. The molecule has 1 aliphatic carbocycles. The summed E-state index contributed by atoms with van der Waals surface area (Å²) in [6.45, 7) is 0. The van der Waals surface area contributed by atoms with Crippen molar-refractivity contribution < 1.29 is 4.74 Å². The number of ether oxygens (including phenoxy) is 1. The molecule has 18 heavy (non-hydrogen) atoms. The third-order valence-corrected chi connectivity index (χ3v) is 5.76. The van der Waals surface area contributed by atoms with Crippen molar-refractivity contribution in [2.24, 2.45) is 5.41 Å². The summed E-state index contributed by atoms with van der Waals surface area (Å²) in [5, 5.41) is 1.14. The first kappa shape index (κ1) is 12.5. The van der Waals surface area contributed by atoms with Crippen LogP contribution in [-0.4, -0.2) is 11.4 Å². The summed E-state index contributed by atoms with van der Waals surface area (Å²) in [7, 11) is 0. The molecule has 1 saturated carbocycles. The van der Waals surface area contributed by atoms with Crippen LogP contribution in [0.5, 0.6) is 5.75 Å². The van der Waals surface area contributed by atoms with Gasteiger partial charge in [-0.25, -0.2) is 0 Å². The van der Waals surface area contributed by atoms with Gasteiger partial charge in [-0.05, 0) is 36.3 Å². The van der Waals surface area contributed by atoms with Crippen LogP contribution in [0.2, 0.25) is 0 Å². The predicted octanol–water partition coefficient (Wildman–Crippen LogP) is 4.73. The summed E-state index contributed by atoms with van der Waals surface area (Å²) in [4.78, 5) is 0. The molecule has 0 spiro atoms. The van der Waals surface area contributed by atoms with Gasteiger partial charge in [0.05, 0.1) is 0 Å². The number of halogens is 1. The van der Waals surface area contributed by atoms with Crippen molar-refractivity contribution in [1.29, 1.82) is 0 Å². The third-order valence-electron chi connectivity index (χ3n) is 4.57. The van der Waals surface area contributed by atoms with E-state index in [0.29, 0.717) is 11.5 Å². The van der Waals surface area contributed by atoms with Gasteiger partial charge in [-0.3, -0.25) is 0 Å². The normalized spacial score (nSPS) is 25.5. The molecule has 1 heterocycles. The molecular weight excluding hydrogens is 288 g/mol. The van der Waals surface area contributed by atoms with E-state index in [1.54, 1.807) is 0 Å². The summed E-state index contributed by atoms with van der Waals surface area (Å²) in [6.07, 6.45) is 9.66. The van der Waals surface area contributed by atoms with Crippen LogP contribution in [-0.2, 0) is 6.42 Å². The molecule has 1 aromatic rings. The molecule has 0 radical (unpaired) electrons. The number of rotatable bonds is 3. The highest BCUT2D eigenvalue weighted by atomic mass is 79.9. The van der Waals surface area contributed by atoms with Gasteiger partial charge >= 0.3 is 0 Å². The van der Waals surface area contributed by atoms with E-state index in [4.69, 9.17) is 4.74 Å². The molecule has 0 aromatic heterocycles. The monoisotopic (exact) mass is 308 g/mol. The fraction of sp³-hybridized carbons (Fsp3) is 0.625. The second-order valence-corrected chi connectivity index (χ2v) is 6.51. The Balaban J connectivity index is 1.67. The summed E-state index contributed by atoms with van der Waals surface area (Å²) >= 11 is 3.75. The fourth-order valence-electron chi connectivity index (χ4n) is 3.54. The van der Waals surface area contributed by atoms with E-state index < -0.39 is 0 Å². The van der Waals surface area contributed by atoms with Crippen molar-refractivity contribution in [3.8, 4) is 5.75 Å². The number of fused-ring (bicyclic) bond motifs is 1. The quantitative estimate of drug-likeness (QED) is 0.734. The number of hydrogen-bond donors (Lipinski definition) is 0. The SMILES string of the molecule is BrCC1(CC2Cc3ccccc3O2)CCCCC1. The molecule has 0 N–H and O–H groups in total. The minimum Gasteiger partial charge on any atom is -0.490 e. The molecule has 3 rings (SSSR count). The Morgan fingerprint density at radius 2 is 1.94 bits per heavy atom. The van der Waals surface area contributed by atoms with Crippen molar-refractivity contribution in [2.75, 3.05) is 5.33 Å². The average molecular weight is 309 g/mol. The lowest BCUT2D eigenvalue weighted by Crippen LogP contribution is -2.32. The van der Waals surface area contributed by atoms with Gasteiger partial charge in [0.15, 0.2) is 0 Å². The maximum Gasteiger partial charge on any atom is 0.123 e. The van der Waals surface area contributed by atoms with Crippen LogP contribution < -0.4 is 4.74 Å². The highest BCUT2D eigenvalue weighted by Gasteiger charge is 2.36. The number of benzene rings is 1. The van der Waals surface area contributed by atoms with E-state index in [1.165, 1.54) is 44.1 Å². The molecule has 1 aromatic carbocycles. The van der Waals surface area contributed by atoms with E-state index >= 15 is 0 Å². The lowest BCUT2D eigenvalue weighted by Gasteiger charge is -2.37. The molecule has 1 unspecified atom stereocenters. The molecule has 1 atom stereocenters. The first-order valence-corrected chi connectivity index (χ1v) is 8.24. The van der Waals surface area contributed by atoms with Crippen LogP contribution in [0.3, 0.4) is 0 Å². The summed E-state index contributed by atoms with van der Waals surface area (Å²) in [6, 6.07) is 8.50. The minimum atomic E-state index is 0.401. The van der Waals surface area contributed by atoms with Crippen molar-refractivity contribution >= 4 is 15.9 Å². The van der Waals surface area contributed by atoms with Gasteiger partial charge < -0.3 is 4.74 Å². The van der Waals surface area contributed by atoms with Crippen molar-refractivity contribution in [3.63, 3.8) is 0 Å². The lowest BCUT2D eigenvalue weighted by atomic mass is 9.72. The highest BCUT2D eigenvalue weighted by molar-refractivity contribution is 9.09. The van der Waals surface area contributed by atoms with E-state index in [9.17, 15) is 0 Å². The van der Waals surface area contributed by atoms with E-state index in [2.05, 4.69) is 40.2 Å². The second kappa shape index (κ2) is 5.24. The van der Waals surface area contributed by atoms with E-state index in [1.807, 2.05) is 0 Å². The third kappa shape index (κ3) is 2.45. The zero-order valence-corrected chi connectivity index (χ0v) is 12.4. The Hall–Kier alpha value is -0.500. The molecular formula is C16H21BrO. The van der Waals surface area contributed by atoms with Crippen molar-refractivity contribution in [2.45, 2.75) is 51.0 Å². The van der Waals surface area contributed by atoms with Gasteiger partial charge in [-0.15, -0.1) is 0 Å². The average Bonchev–Trinajstić information content (AvgIpc) is 2.81. The predicted molar refractivity (Wildman–Crippen MR) is 78.5 cm³/mol. The molecule has 0 bridgehead atoms. The Morgan fingerprint density at radius 1 is 1.17 bits per heavy atom. The molecule has 1 nitrogen and oxygen atoms in total. The first-order chi connectivity index (χ1) is 8.81. The van der Waals surface area contributed by atoms with Crippen LogP contribution in [0.4, 0.5) is 0 Å². The minimum absolute atomic E-state index is 0.401. The molecule has 1 aliphatic heterocycles. The maximum atomic E-state index is 6.12.